The summed E-state index contributed by atoms with van der Waals surface area (Å²) >= 11 is 1.11. The number of hydrogen-bond donors (Lipinski definition) is 2. The van der Waals surface area contributed by atoms with Gasteiger partial charge in [-0.15, -0.1) is 11.3 Å². The highest BCUT2D eigenvalue weighted by molar-refractivity contribution is 7.20. The molecule has 1 heterocycles. The first-order valence-corrected chi connectivity index (χ1v) is 8.72. The molecule has 1 amide bonds. The van der Waals surface area contributed by atoms with E-state index in [0.29, 0.717) is 23.3 Å². The average Bonchev–Trinajstić information content (AvgIpc) is 3.07. The largest absolute Gasteiger partial charge is 0.497 e. The Morgan fingerprint density at radius 3 is 2.10 bits per heavy atom. The number of thiophene rings is 1. The second-order valence-electron chi connectivity index (χ2n) is 5.89. The van der Waals surface area contributed by atoms with Gasteiger partial charge < -0.3 is 4.74 Å². The van der Waals surface area contributed by atoms with Crippen LogP contribution in [0.3, 0.4) is 0 Å². The molecule has 0 spiro atoms. The fourth-order valence-corrected chi connectivity index (χ4v) is 3.42. The molecule has 0 aliphatic heterocycles. The Kier molecular flexibility index (Phi) is 5.35. The molecular formula is C18H12F6N2O2S. The molecule has 0 bridgehead atoms. The predicted octanol–water partition coefficient (Wildman–Crippen LogP) is 5.70. The Labute approximate surface area is 164 Å². The summed E-state index contributed by atoms with van der Waals surface area (Å²) in [5.41, 5.74) is 0.707. The van der Waals surface area contributed by atoms with Crippen LogP contribution in [0.2, 0.25) is 0 Å². The number of carbonyl (C=O) groups excluding carboxylic acids is 1. The third-order valence-corrected chi connectivity index (χ3v) is 4.97. The summed E-state index contributed by atoms with van der Waals surface area (Å²) in [6.45, 7) is 0. The predicted molar refractivity (Wildman–Crippen MR) is 95.9 cm³/mol. The molecule has 2 N–H and O–H groups in total. The maximum atomic E-state index is 12.9. The van der Waals surface area contributed by atoms with Gasteiger partial charge in [-0.1, -0.05) is 0 Å². The fraction of sp³-hybridized carbons (Fsp3) is 0.167. The molecule has 3 aromatic rings. The minimum absolute atomic E-state index is 0.00633. The summed E-state index contributed by atoms with van der Waals surface area (Å²) in [6.07, 6.45) is -9.96. The van der Waals surface area contributed by atoms with Crippen molar-refractivity contribution in [3.8, 4) is 5.75 Å². The molecule has 0 fully saturated rings. The highest BCUT2D eigenvalue weighted by Crippen LogP contribution is 2.37. The number of ether oxygens (including phenoxy) is 1. The van der Waals surface area contributed by atoms with Gasteiger partial charge >= 0.3 is 12.4 Å². The van der Waals surface area contributed by atoms with E-state index in [0.717, 1.165) is 16.0 Å². The molecule has 1 aromatic heterocycles. The van der Waals surface area contributed by atoms with Crippen LogP contribution in [0.1, 0.15) is 20.8 Å². The number of fused-ring (bicyclic) bond motifs is 1. The van der Waals surface area contributed by atoms with Gasteiger partial charge in [-0.05, 0) is 47.9 Å². The quantitative estimate of drug-likeness (QED) is 0.409. The molecule has 2 aromatic carbocycles. The van der Waals surface area contributed by atoms with Gasteiger partial charge in [-0.25, -0.2) is 0 Å². The van der Waals surface area contributed by atoms with Crippen molar-refractivity contribution in [2.24, 2.45) is 0 Å². The van der Waals surface area contributed by atoms with E-state index in [2.05, 4.69) is 10.9 Å². The lowest BCUT2D eigenvalue weighted by molar-refractivity contribution is -0.143. The van der Waals surface area contributed by atoms with Crippen molar-refractivity contribution in [3.05, 3.63) is 58.5 Å². The molecule has 29 heavy (non-hydrogen) atoms. The first-order chi connectivity index (χ1) is 13.5. The van der Waals surface area contributed by atoms with Gasteiger partial charge in [0.25, 0.3) is 5.91 Å². The molecule has 154 valence electrons. The minimum Gasteiger partial charge on any atom is -0.497 e. The number of halogens is 6. The van der Waals surface area contributed by atoms with E-state index in [1.807, 2.05) is 0 Å². The molecule has 3 rings (SSSR count). The lowest BCUT2D eigenvalue weighted by atomic mass is 10.1. The van der Waals surface area contributed by atoms with Gasteiger partial charge in [0.1, 0.15) is 5.75 Å². The van der Waals surface area contributed by atoms with Crippen molar-refractivity contribution in [2.45, 2.75) is 12.4 Å². The summed E-state index contributed by atoms with van der Waals surface area (Å²) in [5.74, 6) is -0.139. The number of amides is 1. The Morgan fingerprint density at radius 1 is 0.931 bits per heavy atom. The lowest BCUT2D eigenvalue weighted by Gasteiger charge is -2.15. The van der Waals surface area contributed by atoms with Crippen molar-refractivity contribution in [1.82, 2.24) is 5.43 Å². The van der Waals surface area contributed by atoms with E-state index >= 15 is 0 Å². The maximum Gasteiger partial charge on any atom is 0.416 e. The lowest BCUT2D eigenvalue weighted by Crippen LogP contribution is -2.29. The van der Waals surface area contributed by atoms with Crippen LogP contribution in [-0.4, -0.2) is 13.0 Å². The topological polar surface area (TPSA) is 50.4 Å². The van der Waals surface area contributed by atoms with E-state index < -0.39 is 35.1 Å². The molecule has 4 nitrogen and oxygen atoms in total. The molecule has 0 aliphatic rings. The van der Waals surface area contributed by atoms with Gasteiger partial charge in [0.15, 0.2) is 0 Å². The third kappa shape index (κ3) is 4.73. The first-order valence-electron chi connectivity index (χ1n) is 7.91. The maximum absolute atomic E-state index is 12.9. The Morgan fingerprint density at radius 2 is 1.55 bits per heavy atom. The molecule has 0 radical (unpaired) electrons. The smallest absolute Gasteiger partial charge is 0.416 e. The Bertz CT molecular complexity index is 1030. The summed E-state index contributed by atoms with van der Waals surface area (Å²) in [4.78, 5) is 12.5. The number of alkyl halides is 6. The second-order valence-corrected chi connectivity index (χ2v) is 6.97. The number of carbonyl (C=O) groups is 1. The number of anilines is 1. The summed E-state index contributed by atoms with van der Waals surface area (Å²) in [6, 6.07) is 7.61. The van der Waals surface area contributed by atoms with E-state index in [9.17, 15) is 31.1 Å². The number of hydrazine groups is 1. The highest BCUT2D eigenvalue weighted by atomic mass is 32.1. The van der Waals surface area contributed by atoms with Crippen molar-refractivity contribution < 1.29 is 35.9 Å². The van der Waals surface area contributed by atoms with E-state index in [1.165, 1.54) is 13.2 Å². The van der Waals surface area contributed by atoms with Crippen LogP contribution in [0.4, 0.5) is 32.0 Å². The average molecular weight is 434 g/mol. The van der Waals surface area contributed by atoms with E-state index in [-0.39, 0.29) is 10.9 Å². The Hall–Kier alpha value is -2.95. The van der Waals surface area contributed by atoms with Gasteiger partial charge in [0, 0.05) is 4.70 Å². The molecule has 0 unspecified atom stereocenters. The van der Waals surface area contributed by atoms with Crippen molar-refractivity contribution >= 4 is 33.0 Å². The SMILES string of the molecule is COc1ccc2sc(C(=O)NNc3cc(C(F)(F)F)cc(C(F)(F)F)c3)cc2c1. The van der Waals surface area contributed by atoms with Gasteiger partial charge in [-0.3, -0.25) is 15.6 Å². The summed E-state index contributed by atoms with van der Waals surface area (Å²) in [5, 5.41) is 0.706. The van der Waals surface area contributed by atoms with Crippen LogP contribution in [0.15, 0.2) is 42.5 Å². The Balaban J connectivity index is 1.82. The number of hydrogen-bond acceptors (Lipinski definition) is 4. The summed E-state index contributed by atoms with van der Waals surface area (Å²) in [7, 11) is 1.48. The second kappa shape index (κ2) is 7.47. The van der Waals surface area contributed by atoms with Gasteiger partial charge in [-0.2, -0.15) is 26.3 Å². The molecular weight excluding hydrogens is 422 g/mol. The fourth-order valence-electron chi connectivity index (χ4n) is 2.48. The molecule has 0 saturated carbocycles. The van der Waals surface area contributed by atoms with E-state index in [1.54, 1.807) is 18.2 Å². The van der Waals surface area contributed by atoms with Crippen LogP contribution in [0.5, 0.6) is 5.75 Å². The molecule has 11 heteroatoms. The first kappa shape index (κ1) is 20.8. The van der Waals surface area contributed by atoms with Crippen molar-refractivity contribution in [2.75, 3.05) is 12.5 Å². The molecule has 0 atom stereocenters. The van der Waals surface area contributed by atoms with Crippen molar-refractivity contribution in [3.63, 3.8) is 0 Å². The number of methoxy groups -OCH3 is 1. The van der Waals surface area contributed by atoms with Crippen LogP contribution in [-0.2, 0) is 12.4 Å². The van der Waals surface area contributed by atoms with Gasteiger partial charge in [0.2, 0.25) is 0 Å². The standard InChI is InChI=1S/C18H12F6N2O2S/c1-28-13-2-3-14-9(4-13)5-15(29-14)16(27)26-25-12-7-10(17(19,20)21)6-11(8-12)18(22,23)24/h2-8,25H,1H3,(H,26,27). The third-order valence-electron chi connectivity index (χ3n) is 3.86. The van der Waals surface area contributed by atoms with Crippen LogP contribution >= 0.6 is 11.3 Å². The van der Waals surface area contributed by atoms with Crippen LogP contribution in [0.25, 0.3) is 10.1 Å². The zero-order valence-electron chi connectivity index (χ0n) is 14.5. The van der Waals surface area contributed by atoms with Crippen molar-refractivity contribution in [1.29, 1.82) is 0 Å². The molecule has 0 saturated heterocycles. The van der Waals surface area contributed by atoms with E-state index in [4.69, 9.17) is 4.74 Å². The van der Waals surface area contributed by atoms with Crippen LogP contribution in [0, 0.1) is 0 Å². The molecule has 0 aliphatic carbocycles. The van der Waals surface area contributed by atoms with Crippen LogP contribution < -0.4 is 15.6 Å². The number of nitrogens with one attached hydrogen (secondary N) is 2. The number of rotatable bonds is 4. The number of benzene rings is 2. The summed E-state index contributed by atoms with van der Waals surface area (Å²) < 4.78 is 83.2. The minimum atomic E-state index is -4.98. The van der Waals surface area contributed by atoms with Gasteiger partial charge in [0.05, 0.1) is 28.8 Å². The highest BCUT2D eigenvalue weighted by Gasteiger charge is 2.37. The normalized spacial score (nSPS) is 12.1. The monoisotopic (exact) mass is 434 g/mol. The zero-order valence-corrected chi connectivity index (χ0v) is 15.4. The zero-order chi connectivity index (χ0) is 21.4.